The predicted molar refractivity (Wildman–Crippen MR) is 135 cm³/mol. The summed E-state index contributed by atoms with van der Waals surface area (Å²) in [5, 5.41) is 5.80. The second-order valence-corrected chi connectivity index (χ2v) is 11.7. The number of carbonyl (C=O) groups is 3. The van der Waals surface area contributed by atoms with E-state index in [0.29, 0.717) is 18.5 Å². The minimum Gasteiger partial charge on any atom is -0.354 e. The zero-order chi connectivity index (χ0) is 24.5. The van der Waals surface area contributed by atoms with E-state index in [2.05, 4.69) is 10.6 Å². The Kier molecular flexibility index (Phi) is 7.03. The van der Waals surface area contributed by atoms with Gasteiger partial charge in [-0.2, -0.15) is 0 Å². The van der Waals surface area contributed by atoms with Crippen LogP contribution in [-0.2, 0) is 16.0 Å². The van der Waals surface area contributed by atoms with Crippen LogP contribution in [-0.4, -0.2) is 46.0 Å². The van der Waals surface area contributed by atoms with Gasteiger partial charge in [-0.15, -0.1) is 11.8 Å². The van der Waals surface area contributed by atoms with Gasteiger partial charge in [-0.05, 0) is 49.8 Å². The molecule has 2 aromatic carbocycles. The summed E-state index contributed by atoms with van der Waals surface area (Å²) < 4.78 is -0.482. The summed E-state index contributed by atoms with van der Waals surface area (Å²) in [7, 11) is 0. The van der Waals surface area contributed by atoms with Crippen LogP contribution in [0.15, 0.2) is 54.6 Å². The van der Waals surface area contributed by atoms with Crippen LogP contribution in [0.5, 0.6) is 0 Å². The molecule has 3 amide bonds. The minimum absolute atomic E-state index is 0.119. The number of thioether (sulfide) groups is 1. The molecular formula is C27H33N3O3S. The van der Waals surface area contributed by atoms with Crippen molar-refractivity contribution in [2.45, 2.75) is 62.7 Å². The summed E-state index contributed by atoms with van der Waals surface area (Å²) in [6, 6.07) is 16.2. The van der Waals surface area contributed by atoms with E-state index >= 15 is 0 Å². The highest BCUT2D eigenvalue weighted by Gasteiger charge is 2.57. The summed E-state index contributed by atoms with van der Waals surface area (Å²) in [5.74, 6) is -0.354. The van der Waals surface area contributed by atoms with Gasteiger partial charge in [-0.25, -0.2) is 0 Å². The van der Waals surface area contributed by atoms with Gasteiger partial charge in [0.15, 0.2) is 0 Å². The molecule has 0 spiro atoms. The van der Waals surface area contributed by atoms with Crippen molar-refractivity contribution < 1.29 is 14.4 Å². The van der Waals surface area contributed by atoms with Gasteiger partial charge >= 0.3 is 0 Å². The maximum absolute atomic E-state index is 13.6. The van der Waals surface area contributed by atoms with Crippen LogP contribution in [0.1, 0.15) is 61.0 Å². The molecule has 7 heteroatoms. The lowest BCUT2D eigenvalue weighted by atomic mass is 9.98. The monoisotopic (exact) mass is 479 g/mol. The molecule has 2 heterocycles. The van der Waals surface area contributed by atoms with E-state index < -0.39 is 16.8 Å². The van der Waals surface area contributed by atoms with E-state index in [1.807, 2.05) is 82.3 Å². The first kappa shape index (κ1) is 24.3. The second-order valence-electron chi connectivity index (χ2n) is 9.99. The molecule has 1 saturated heterocycles. The number of hydrogen-bond acceptors (Lipinski definition) is 4. The van der Waals surface area contributed by atoms with Crippen LogP contribution in [0.25, 0.3) is 0 Å². The van der Waals surface area contributed by atoms with Gasteiger partial charge in [0.05, 0.1) is 0 Å². The molecule has 6 nitrogen and oxygen atoms in total. The predicted octanol–water partition coefficient (Wildman–Crippen LogP) is 3.92. The highest BCUT2D eigenvalue weighted by Crippen LogP contribution is 2.56. The Hall–Kier alpha value is -2.80. The molecule has 0 aliphatic carbocycles. The molecule has 2 aliphatic rings. The van der Waals surface area contributed by atoms with Crippen molar-refractivity contribution in [1.29, 1.82) is 0 Å². The Bertz CT molecular complexity index is 1070. The summed E-state index contributed by atoms with van der Waals surface area (Å²) in [5.41, 5.74) is 2.76. The molecule has 34 heavy (non-hydrogen) atoms. The van der Waals surface area contributed by atoms with E-state index in [1.165, 1.54) is 0 Å². The van der Waals surface area contributed by atoms with Crippen molar-refractivity contribution in [3.63, 3.8) is 0 Å². The quantitative estimate of drug-likeness (QED) is 0.602. The molecule has 4 rings (SSSR count). The van der Waals surface area contributed by atoms with Gasteiger partial charge in [0, 0.05) is 16.9 Å². The smallest absolute Gasteiger partial charge is 0.256 e. The second kappa shape index (κ2) is 9.82. The third-order valence-corrected chi connectivity index (χ3v) is 7.98. The van der Waals surface area contributed by atoms with Gasteiger partial charge in [0.2, 0.25) is 11.8 Å². The minimum atomic E-state index is -0.658. The third kappa shape index (κ3) is 4.85. The van der Waals surface area contributed by atoms with E-state index in [9.17, 15) is 14.4 Å². The van der Waals surface area contributed by atoms with Crippen LogP contribution in [0.3, 0.4) is 0 Å². The highest BCUT2D eigenvalue weighted by molar-refractivity contribution is 8.01. The highest BCUT2D eigenvalue weighted by atomic mass is 32.2. The number of amides is 3. The first-order chi connectivity index (χ1) is 16.2. The fourth-order valence-electron chi connectivity index (χ4n) is 4.86. The van der Waals surface area contributed by atoms with E-state index in [1.54, 1.807) is 16.7 Å². The number of nitrogens with zero attached hydrogens (tertiary/aromatic N) is 1. The average molecular weight is 480 g/mol. The van der Waals surface area contributed by atoms with Crippen LogP contribution < -0.4 is 10.6 Å². The van der Waals surface area contributed by atoms with Crippen molar-refractivity contribution in [2.24, 2.45) is 5.92 Å². The molecule has 1 unspecified atom stereocenters. The molecule has 2 aliphatic heterocycles. The Labute approximate surface area is 205 Å². The van der Waals surface area contributed by atoms with Crippen molar-refractivity contribution in [3.8, 4) is 0 Å². The van der Waals surface area contributed by atoms with E-state index in [-0.39, 0.29) is 29.0 Å². The first-order valence-electron chi connectivity index (χ1n) is 11.9. The Morgan fingerprint density at radius 2 is 1.74 bits per heavy atom. The van der Waals surface area contributed by atoms with Crippen LogP contribution >= 0.6 is 11.8 Å². The Balaban J connectivity index is 1.46. The molecule has 3 atom stereocenters. The third-order valence-electron chi connectivity index (χ3n) is 6.44. The van der Waals surface area contributed by atoms with Gasteiger partial charge < -0.3 is 15.5 Å². The number of nitrogens with one attached hydrogen (secondary N) is 2. The molecule has 2 N–H and O–H groups in total. The molecule has 0 saturated carbocycles. The van der Waals surface area contributed by atoms with Gasteiger partial charge in [0.25, 0.3) is 5.91 Å². The molecule has 0 radical (unpaired) electrons. The van der Waals surface area contributed by atoms with Crippen molar-refractivity contribution >= 4 is 29.5 Å². The van der Waals surface area contributed by atoms with Crippen molar-refractivity contribution in [2.75, 3.05) is 6.54 Å². The van der Waals surface area contributed by atoms with E-state index in [4.69, 9.17) is 0 Å². The van der Waals surface area contributed by atoms with Crippen LogP contribution in [0.4, 0.5) is 0 Å². The van der Waals surface area contributed by atoms with Gasteiger partial charge in [-0.1, -0.05) is 62.4 Å². The standard InChI is InChI=1S/C27H33N3O3S/c1-17(2)16-21(23(31)28-15-14-18-10-6-5-7-11-18)29-24(32)22-27(3,4)34-26-20-13-9-8-12-19(20)25(33)30(22)26/h5-13,17,21-22,26H,14-16H2,1-4H3,(H,28,31)(H,29,32)/t21-,22+,26?/m1/s1. The van der Waals surface area contributed by atoms with Gasteiger partial charge in [0.1, 0.15) is 17.5 Å². The average Bonchev–Trinajstić information content (AvgIpc) is 3.22. The maximum atomic E-state index is 13.6. The van der Waals surface area contributed by atoms with Crippen molar-refractivity contribution in [3.05, 3.63) is 71.3 Å². The maximum Gasteiger partial charge on any atom is 0.256 e. The lowest BCUT2D eigenvalue weighted by Crippen LogP contribution is -2.57. The molecule has 2 aromatic rings. The summed E-state index contributed by atoms with van der Waals surface area (Å²) in [4.78, 5) is 41.5. The summed E-state index contributed by atoms with van der Waals surface area (Å²) >= 11 is 1.63. The molecular weight excluding hydrogens is 446 g/mol. The van der Waals surface area contributed by atoms with E-state index in [0.717, 1.165) is 17.5 Å². The first-order valence-corrected chi connectivity index (χ1v) is 12.8. The van der Waals surface area contributed by atoms with Crippen molar-refractivity contribution in [1.82, 2.24) is 15.5 Å². The largest absolute Gasteiger partial charge is 0.354 e. The Morgan fingerprint density at radius 3 is 2.44 bits per heavy atom. The lowest BCUT2D eigenvalue weighted by Gasteiger charge is -2.31. The molecule has 0 bridgehead atoms. The lowest BCUT2D eigenvalue weighted by molar-refractivity contribution is -0.132. The fourth-order valence-corrected chi connectivity index (χ4v) is 6.44. The molecule has 0 aromatic heterocycles. The topological polar surface area (TPSA) is 78.5 Å². The zero-order valence-electron chi connectivity index (χ0n) is 20.2. The fraction of sp³-hybridized carbons (Fsp3) is 0.444. The number of hydrogen-bond donors (Lipinski definition) is 2. The Morgan fingerprint density at radius 1 is 1.06 bits per heavy atom. The summed E-state index contributed by atoms with van der Waals surface area (Å²) in [6.45, 7) is 8.55. The van der Waals surface area contributed by atoms with Crippen LogP contribution in [0, 0.1) is 5.92 Å². The number of rotatable bonds is 8. The van der Waals surface area contributed by atoms with Crippen LogP contribution in [0.2, 0.25) is 0 Å². The normalized spacial score (nSPS) is 21.2. The number of benzene rings is 2. The number of carbonyl (C=O) groups excluding carboxylic acids is 3. The molecule has 180 valence electrons. The summed E-state index contributed by atoms with van der Waals surface area (Å²) in [6.07, 6.45) is 1.25. The molecule has 1 fully saturated rings. The van der Waals surface area contributed by atoms with Gasteiger partial charge in [-0.3, -0.25) is 14.4 Å². The number of fused-ring (bicyclic) bond motifs is 3. The zero-order valence-corrected chi connectivity index (χ0v) is 21.0. The SMILES string of the molecule is CC(C)C[C@@H](NC(=O)[C@@H]1N2C(=O)c3ccccc3C2SC1(C)C)C(=O)NCCc1ccccc1.